The van der Waals surface area contributed by atoms with Crippen molar-refractivity contribution in [1.29, 1.82) is 0 Å². The molecular formula is C55H72N4O9. The first-order chi connectivity index (χ1) is 32.5. The Morgan fingerprint density at radius 3 is 2.32 bits per heavy atom. The van der Waals surface area contributed by atoms with Crippen molar-refractivity contribution >= 4 is 23.2 Å². The van der Waals surface area contributed by atoms with Crippen LogP contribution in [-0.2, 0) is 32.2 Å². The third-order valence-corrected chi connectivity index (χ3v) is 16.9. The lowest BCUT2D eigenvalue weighted by atomic mass is 9.46. The highest BCUT2D eigenvalue weighted by Crippen LogP contribution is 2.67. The van der Waals surface area contributed by atoms with Crippen molar-refractivity contribution in [3.63, 3.8) is 0 Å². The van der Waals surface area contributed by atoms with Crippen molar-refractivity contribution in [3.8, 4) is 11.1 Å². The van der Waals surface area contributed by atoms with E-state index in [0.29, 0.717) is 30.0 Å². The zero-order valence-corrected chi connectivity index (χ0v) is 40.9. The van der Waals surface area contributed by atoms with Crippen LogP contribution in [0.2, 0.25) is 0 Å². The van der Waals surface area contributed by atoms with Crippen LogP contribution in [0.4, 0.5) is 5.69 Å². The van der Waals surface area contributed by atoms with Gasteiger partial charge in [0.15, 0.2) is 11.6 Å². The topological polar surface area (TPSA) is 182 Å². The first-order valence-corrected chi connectivity index (χ1v) is 24.9. The van der Waals surface area contributed by atoms with Crippen molar-refractivity contribution in [3.05, 3.63) is 110 Å². The van der Waals surface area contributed by atoms with Crippen LogP contribution in [0.5, 0.6) is 0 Å². The van der Waals surface area contributed by atoms with Gasteiger partial charge in [0.1, 0.15) is 12.2 Å². The van der Waals surface area contributed by atoms with Crippen molar-refractivity contribution in [2.75, 3.05) is 57.6 Å². The Morgan fingerprint density at radius 2 is 1.65 bits per heavy atom. The number of nitrogens with zero attached hydrogens (tertiary/aromatic N) is 2. The number of anilines is 1. The van der Waals surface area contributed by atoms with Crippen molar-refractivity contribution in [1.82, 2.24) is 15.2 Å². The van der Waals surface area contributed by atoms with Gasteiger partial charge in [-0.2, -0.15) is 0 Å². The van der Waals surface area contributed by atoms with Gasteiger partial charge in [0, 0.05) is 91.2 Å². The molecule has 2 aliphatic heterocycles. The number of aliphatic hydroxyl groups is 3. The Hall–Kier alpha value is -4.76. The number of aromatic nitrogens is 1. The number of aryl methyl sites for hydroxylation is 2. The second-order valence-electron chi connectivity index (χ2n) is 20.7. The number of hydrogen-bond donors (Lipinski definition) is 5. The Balaban J connectivity index is 0.000000205. The molecule has 1 aromatic heterocycles. The highest BCUT2D eigenvalue weighted by Gasteiger charge is 2.68. The molecule has 68 heavy (non-hydrogen) atoms. The van der Waals surface area contributed by atoms with Crippen LogP contribution in [0, 0.1) is 49.4 Å². The quantitative estimate of drug-likeness (QED) is 0.146. The molecule has 3 heterocycles. The molecule has 13 nitrogen and oxygen atoms in total. The molecule has 0 radical (unpaired) electrons. The summed E-state index contributed by atoms with van der Waals surface area (Å²) >= 11 is 0. The van der Waals surface area contributed by atoms with Gasteiger partial charge in [-0.15, -0.1) is 0 Å². The number of aliphatic hydroxyl groups excluding tert-OH is 2. The zero-order chi connectivity index (χ0) is 48.5. The largest absolute Gasteiger partial charge is 0.393 e. The third-order valence-electron chi connectivity index (χ3n) is 16.9. The van der Waals surface area contributed by atoms with E-state index in [1.165, 1.54) is 5.56 Å². The number of nitrogens with one attached hydrogen (secondary N) is 2. The van der Waals surface area contributed by atoms with Gasteiger partial charge in [0.05, 0.1) is 19.3 Å². The van der Waals surface area contributed by atoms with E-state index >= 15 is 0 Å². The van der Waals surface area contributed by atoms with Crippen LogP contribution in [0.1, 0.15) is 104 Å². The lowest BCUT2D eigenvalue weighted by molar-refractivity contribution is -0.178. The van der Waals surface area contributed by atoms with Crippen LogP contribution < -0.4 is 15.8 Å². The third kappa shape index (κ3) is 9.46. The lowest BCUT2D eigenvalue weighted by Gasteiger charge is -2.59. The molecule has 0 bridgehead atoms. The van der Waals surface area contributed by atoms with Crippen molar-refractivity contribution in [2.24, 2.45) is 28.6 Å². The predicted octanol–water partition coefficient (Wildman–Crippen LogP) is 6.29. The lowest BCUT2D eigenvalue weighted by Crippen LogP contribution is -2.61. The second kappa shape index (κ2) is 20.3. The molecule has 6 aliphatic rings. The normalized spacial score (nSPS) is 29.2. The number of ketones is 2. The van der Waals surface area contributed by atoms with Crippen LogP contribution in [-0.4, -0.2) is 113 Å². The van der Waals surface area contributed by atoms with Crippen LogP contribution in [0.25, 0.3) is 11.1 Å². The number of hydrogen-bond acceptors (Lipinski definition) is 11. The molecule has 5 N–H and O–H groups in total. The molecule has 5 fully saturated rings. The number of Topliss-reactive ketones (excluding diaryl/α,β-unsaturated/α-hetero) is 1. The minimum atomic E-state index is -1.56. The van der Waals surface area contributed by atoms with Gasteiger partial charge >= 0.3 is 0 Å². The zero-order valence-electron chi connectivity index (χ0n) is 40.9. The first-order valence-electron chi connectivity index (χ1n) is 24.9. The van der Waals surface area contributed by atoms with Crippen molar-refractivity contribution < 1.29 is 39.2 Å². The van der Waals surface area contributed by atoms with E-state index in [1.807, 2.05) is 45.9 Å². The molecule has 2 saturated heterocycles. The molecule has 7 atom stereocenters. The highest BCUT2D eigenvalue weighted by molar-refractivity contribution is 6.01. The van der Waals surface area contributed by atoms with E-state index in [-0.39, 0.29) is 47.0 Å². The van der Waals surface area contributed by atoms with E-state index in [0.717, 1.165) is 124 Å². The molecule has 3 saturated carbocycles. The fourth-order valence-electron chi connectivity index (χ4n) is 13.1. The molecule has 9 rings (SSSR count). The summed E-state index contributed by atoms with van der Waals surface area (Å²) in [6.07, 6.45) is 9.61. The maximum Gasteiger partial charge on any atom is 0.253 e. The summed E-state index contributed by atoms with van der Waals surface area (Å²) in [5, 5.41) is 34.7. The summed E-state index contributed by atoms with van der Waals surface area (Å²) in [5.41, 5.74) is 6.56. The van der Waals surface area contributed by atoms with Gasteiger partial charge < -0.3 is 40.0 Å². The fraction of sp³-hybridized carbons (Fsp3) is 0.564. The van der Waals surface area contributed by atoms with E-state index in [1.54, 1.807) is 12.2 Å². The number of carbonyl (C=O) groups excluding carboxylic acids is 3. The minimum Gasteiger partial charge on any atom is -0.393 e. The molecule has 3 aromatic rings. The molecule has 4 aliphatic carbocycles. The van der Waals surface area contributed by atoms with Gasteiger partial charge in [0.2, 0.25) is 0 Å². The van der Waals surface area contributed by atoms with Gasteiger partial charge in [-0.25, -0.2) is 0 Å². The summed E-state index contributed by atoms with van der Waals surface area (Å²) in [6, 6.07) is 15.2. The standard InChI is InChI=1S/C34H44N4O4.C21H28O5/c1-5-38(29-10-14-41-15-11-29)32-20-28(27-8-6-26(7-9-27)22-37-12-16-42-17-13-37)19-30(25(32)4)33(39)35-21-31-23(2)18-24(3)36-34(31)40;1-19-7-5-13(23)9-12(19)3-4-14-15-6-8-21(26,17(25)11-22)20(15,2)10-16(24)18(14)19/h6-9,18-20,29H,5,10-17,21-22H2,1-4H3,(H,35,39)(H,36,40);5,7,9,14-16,18,22,24,26H,3-4,6,8,10-11H2,1-2H3/t;14-,15-,16-,18+,19-,20-,21-/m.0/s1. The summed E-state index contributed by atoms with van der Waals surface area (Å²) in [5.74, 6) is -0.405. The number of H-pyrrole nitrogens is 1. The molecule has 0 spiro atoms. The number of carbonyl (C=O) groups is 3. The average Bonchev–Trinajstić information content (AvgIpc) is 3.60. The molecule has 0 unspecified atom stereocenters. The molecule has 1 amide bonds. The average molecular weight is 933 g/mol. The SMILES string of the molecule is CCN(c1cc(-c2ccc(CN3CCOCC3)cc2)cc(C(=O)NCc2c(C)cc(C)[nH]c2=O)c1C)C1CCOCC1.C[C@]12C=CC(=O)C=C1CC[C@@H]1[C@@H]2[C@@H](O)C[C@@]2(C)[C@H]1CC[C@]2(O)C(=O)CO. The Labute approximate surface area is 401 Å². The minimum absolute atomic E-state index is 0.00912. The maximum atomic E-state index is 13.7. The number of fused-ring (bicyclic) bond motifs is 5. The second-order valence-corrected chi connectivity index (χ2v) is 20.7. The molecule has 2 aromatic carbocycles. The van der Waals surface area contributed by atoms with Crippen LogP contribution >= 0.6 is 0 Å². The van der Waals surface area contributed by atoms with Crippen LogP contribution in [0.3, 0.4) is 0 Å². The van der Waals surface area contributed by atoms with E-state index in [9.17, 15) is 34.5 Å². The van der Waals surface area contributed by atoms with E-state index < -0.39 is 29.5 Å². The summed E-state index contributed by atoms with van der Waals surface area (Å²) in [7, 11) is 0. The monoisotopic (exact) mass is 933 g/mol. The molecule has 13 heteroatoms. The summed E-state index contributed by atoms with van der Waals surface area (Å²) in [6.45, 7) is 18.2. The number of benzene rings is 2. The molecular weight excluding hydrogens is 861 g/mol. The molecule has 366 valence electrons. The Morgan fingerprint density at radius 1 is 0.941 bits per heavy atom. The first kappa shape index (κ1) is 49.7. The van der Waals surface area contributed by atoms with E-state index in [4.69, 9.17) is 9.47 Å². The van der Waals surface area contributed by atoms with Gasteiger partial charge in [0.25, 0.3) is 11.5 Å². The number of aromatic amines is 1. The van der Waals surface area contributed by atoms with Gasteiger partial charge in [-0.1, -0.05) is 49.8 Å². The highest BCUT2D eigenvalue weighted by atomic mass is 16.5. The van der Waals surface area contributed by atoms with Gasteiger partial charge in [-0.05, 0) is 143 Å². The Bertz CT molecular complexity index is 2490. The number of ether oxygens (including phenoxy) is 2. The maximum absolute atomic E-state index is 13.7. The number of allylic oxidation sites excluding steroid dienone is 4. The van der Waals surface area contributed by atoms with Crippen LogP contribution in [0.15, 0.2) is 71.1 Å². The van der Waals surface area contributed by atoms with Crippen molar-refractivity contribution in [2.45, 2.75) is 117 Å². The Kier molecular flexibility index (Phi) is 14.8. The number of rotatable bonds is 11. The van der Waals surface area contributed by atoms with E-state index in [2.05, 4.69) is 64.3 Å². The smallest absolute Gasteiger partial charge is 0.253 e. The summed E-state index contributed by atoms with van der Waals surface area (Å²) in [4.78, 5) is 58.2. The summed E-state index contributed by atoms with van der Waals surface area (Å²) < 4.78 is 11.1. The number of morpholine rings is 1. The fourth-order valence-corrected chi connectivity index (χ4v) is 13.1. The predicted molar refractivity (Wildman–Crippen MR) is 262 cm³/mol. The van der Waals surface area contributed by atoms with Gasteiger partial charge in [-0.3, -0.25) is 24.1 Å². The number of pyridine rings is 1. The number of amides is 1.